The molecule has 1 aliphatic rings. The van der Waals surface area contributed by atoms with E-state index in [1.807, 2.05) is 11.1 Å². The highest BCUT2D eigenvalue weighted by atomic mass is 19.3. The summed E-state index contributed by atoms with van der Waals surface area (Å²) in [6.45, 7) is -1.09. The summed E-state index contributed by atoms with van der Waals surface area (Å²) in [5.41, 5.74) is -2.01. The van der Waals surface area contributed by atoms with Crippen LogP contribution < -0.4 is 26.4 Å². The van der Waals surface area contributed by atoms with Crippen LogP contribution in [0.5, 0.6) is 5.75 Å². The van der Waals surface area contributed by atoms with Gasteiger partial charge in [0.25, 0.3) is 11.1 Å². The maximum atomic E-state index is 14.6. The van der Waals surface area contributed by atoms with Gasteiger partial charge in [-0.2, -0.15) is 10.4 Å². The average Bonchev–Trinajstić information content (AvgIpc) is 3.03. The van der Waals surface area contributed by atoms with Crippen molar-refractivity contribution in [1.82, 2.24) is 20.2 Å². The molecule has 1 saturated heterocycles. The molecule has 158 valence electrons. The Morgan fingerprint density at radius 1 is 1.19 bits per heavy atom. The third kappa shape index (κ3) is 3.93. The number of hydrogen-bond donors (Lipinski definition) is 3. The van der Waals surface area contributed by atoms with Crippen LogP contribution >= 0.6 is 0 Å². The standard InChI is InChI=1S/C19H14F2N6O4/c20-19(21)9-27(8-15(19)31-11-3-1-10(6-22)2-4-11)14-5-13(25-26-17(14)29)12-7-23-18(30)24-16(12)28/h1-5,7,15H,8-9H2,(H,26,29)(H2,23,24,28,30)/t15-/m0/s1. The number of rotatable bonds is 4. The summed E-state index contributed by atoms with van der Waals surface area (Å²) in [5.74, 6) is -3.12. The third-order valence-electron chi connectivity index (χ3n) is 4.74. The first-order valence-electron chi connectivity index (χ1n) is 8.98. The van der Waals surface area contributed by atoms with Gasteiger partial charge in [0.2, 0.25) is 0 Å². The topological polar surface area (TPSA) is 148 Å². The van der Waals surface area contributed by atoms with Crippen LogP contribution in [0.2, 0.25) is 0 Å². The number of hydrogen-bond acceptors (Lipinski definition) is 7. The Morgan fingerprint density at radius 2 is 1.94 bits per heavy atom. The number of anilines is 1. The van der Waals surface area contributed by atoms with Gasteiger partial charge in [-0.05, 0) is 30.3 Å². The Kier molecular flexibility index (Phi) is 4.86. The number of nitriles is 1. The molecule has 3 aromatic rings. The van der Waals surface area contributed by atoms with Crippen LogP contribution in [-0.4, -0.2) is 45.3 Å². The second-order valence-corrected chi connectivity index (χ2v) is 6.84. The molecule has 3 N–H and O–H groups in total. The van der Waals surface area contributed by atoms with Gasteiger partial charge in [-0.3, -0.25) is 14.6 Å². The summed E-state index contributed by atoms with van der Waals surface area (Å²) in [5, 5.41) is 14.8. The highest BCUT2D eigenvalue weighted by molar-refractivity contribution is 5.62. The van der Waals surface area contributed by atoms with Crippen molar-refractivity contribution in [2.24, 2.45) is 0 Å². The molecule has 1 atom stereocenters. The van der Waals surface area contributed by atoms with Crippen molar-refractivity contribution >= 4 is 5.69 Å². The molecule has 0 spiro atoms. The maximum Gasteiger partial charge on any atom is 0.325 e. The van der Waals surface area contributed by atoms with Crippen molar-refractivity contribution in [3.05, 3.63) is 73.3 Å². The number of aromatic nitrogens is 4. The van der Waals surface area contributed by atoms with Crippen LogP contribution in [0.25, 0.3) is 11.3 Å². The first kappa shape index (κ1) is 20.0. The van der Waals surface area contributed by atoms with Gasteiger partial charge in [-0.15, -0.1) is 0 Å². The molecule has 1 aliphatic heterocycles. The van der Waals surface area contributed by atoms with E-state index < -0.39 is 35.4 Å². The summed E-state index contributed by atoms with van der Waals surface area (Å²) in [6.07, 6.45) is -0.436. The van der Waals surface area contributed by atoms with Crippen molar-refractivity contribution in [1.29, 1.82) is 5.26 Å². The summed E-state index contributed by atoms with van der Waals surface area (Å²) < 4.78 is 34.6. The molecule has 0 saturated carbocycles. The lowest BCUT2D eigenvalue weighted by molar-refractivity contribution is -0.0594. The van der Waals surface area contributed by atoms with Gasteiger partial charge in [0, 0.05) is 6.20 Å². The molecule has 10 nitrogen and oxygen atoms in total. The van der Waals surface area contributed by atoms with Gasteiger partial charge >= 0.3 is 11.6 Å². The van der Waals surface area contributed by atoms with Crippen LogP contribution in [-0.2, 0) is 0 Å². The zero-order valence-corrected chi connectivity index (χ0v) is 15.7. The Morgan fingerprint density at radius 3 is 2.61 bits per heavy atom. The zero-order chi connectivity index (χ0) is 22.2. The van der Waals surface area contributed by atoms with Gasteiger partial charge < -0.3 is 14.6 Å². The minimum absolute atomic E-state index is 0.00752. The Labute approximate surface area is 171 Å². The van der Waals surface area contributed by atoms with E-state index in [-0.39, 0.29) is 29.2 Å². The molecule has 1 aromatic carbocycles. The SMILES string of the molecule is N#Cc1ccc(O[C@H]2CN(c3cc(-c4c[nH]c(=O)[nH]c4=O)n[nH]c3=O)CC2(F)F)cc1. The fraction of sp³-hybridized carbons (Fsp3) is 0.211. The van der Waals surface area contributed by atoms with Crippen LogP contribution in [0.15, 0.2) is 50.9 Å². The summed E-state index contributed by atoms with van der Waals surface area (Å²) in [6, 6.07) is 8.84. The summed E-state index contributed by atoms with van der Waals surface area (Å²) in [4.78, 5) is 40.9. The molecule has 31 heavy (non-hydrogen) atoms. The second-order valence-electron chi connectivity index (χ2n) is 6.84. The molecule has 0 unspecified atom stereocenters. The normalized spacial score (nSPS) is 17.3. The van der Waals surface area contributed by atoms with Crippen LogP contribution in [0.1, 0.15) is 5.56 Å². The Bertz CT molecular complexity index is 1340. The fourth-order valence-electron chi connectivity index (χ4n) is 3.20. The van der Waals surface area contributed by atoms with Crippen molar-refractivity contribution in [2.45, 2.75) is 12.0 Å². The van der Waals surface area contributed by atoms with Gasteiger partial charge in [-0.1, -0.05) is 0 Å². The number of nitrogens with zero attached hydrogens (tertiary/aromatic N) is 3. The summed E-state index contributed by atoms with van der Waals surface area (Å²) in [7, 11) is 0. The molecule has 2 aromatic heterocycles. The highest BCUT2D eigenvalue weighted by Gasteiger charge is 2.50. The Hall–Kier alpha value is -4.27. The van der Waals surface area contributed by atoms with Gasteiger partial charge in [-0.25, -0.2) is 18.7 Å². The smallest absolute Gasteiger partial charge is 0.325 e. The number of benzene rings is 1. The van der Waals surface area contributed by atoms with E-state index in [0.29, 0.717) is 5.56 Å². The summed E-state index contributed by atoms with van der Waals surface area (Å²) >= 11 is 0. The fourth-order valence-corrected chi connectivity index (χ4v) is 3.20. The zero-order valence-electron chi connectivity index (χ0n) is 15.7. The first-order valence-corrected chi connectivity index (χ1v) is 8.98. The van der Waals surface area contributed by atoms with Gasteiger partial charge in [0.15, 0.2) is 6.10 Å². The molecular formula is C19H14F2N6O4. The van der Waals surface area contributed by atoms with Gasteiger partial charge in [0.1, 0.15) is 11.4 Å². The first-order chi connectivity index (χ1) is 14.8. The predicted molar refractivity (Wildman–Crippen MR) is 104 cm³/mol. The number of nitrogens with one attached hydrogen (secondary N) is 3. The number of aromatic amines is 3. The third-order valence-corrected chi connectivity index (χ3v) is 4.74. The lowest BCUT2D eigenvalue weighted by Gasteiger charge is -2.19. The van der Waals surface area contributed by atoms with E-state index in [1.165, 1.54) is 30.3 Å². The van der Waals surface area contributed by atoms with Crippen molar-refractivity contribution in [3.63, 3.8) is 0 Å². The van der Waals surface area contributed by atoms with E-state index in [1.54, 1.807) is 0 Å². The number of ether oxygens (including phenoxy) is 1. The van der Waals surface area contributed by atoms with Crippen LogP contribution in [0.4, 0.5) is 14.5 Å². The molecular weight excluding hydrogens is 414 g/mol. The average molecular weight is 428 g/mol. The van der Waals surface area contributed by atoms with Crippen LogP contribution in [0.3, 0.4) is 0 Å². The van der Waals surface area contributed by atoms with Crippen molar-refractivity contribution in [3.8, 4) is 23.1 Å². The predicted octanol–water partition coefficient (Wildman–Crippen LogP) is 0.588. The lowest BCUT2D eigenvalue weighted by atomic mass is 10.2. The van der Waals surface area contributed by atoms with Crippen LogP contribution in [0, 0.1) is 11.3 Å². The van der Waals surface area contributed by atoms with E-state index in [0.717, 1.165) is 11.1 Å². The van der Waals surface area contributed by atoms with E-state index in [2.05, 4.69) is 15.2 Å². The monoisotopic (exact) mass is 428 g/mol. The molecule has 3 heterocycles. The second kappa shape index (κ2) is 7.52. The maximum absolute atomic E-state index is 14.6. The minimum Gasteiger partial charge on any atom is -0.482 e. The number of halogens is 2. The lowest BCUT2D eigenvalue weighted by Crippen LogP contribution is -2.36. The molecule has 0 aliphatic carbocycles. The van der Waals surface area contributed by atoms with Crippen molar-refractivity contribution < 1.29 is 13.5 Å². The van der Waals surface area contributed by atoms with E-state index in [9.17, 15) is 23.2 Å². The highest BCUT2D eigenvalue weighted by Crippen LogP contribution is 2.33. The molecule has 4 rings (SSSR count). The minimum atomic E-state index is -3.28. The van der Waals surface area contributed by atoms with E-state index in [4.69, 9.17) is 10.00 Å². The molecule has 1 fully saturated rings. The van der Waals surface area contributed by atoms with Crippen molar-refractivity contribution in [2.75, 3.05) is 18.0 Å². The molecule has 0 bridgehead atoms. The molecule has 0 radical (unpaired) electrons. The number of H-pyrrole nitrogens is 3. The molecule has 12 heteroatoms. The Balaban J connectivity index is 1.62. The van der Waals surface area contributed by atoms with Gasteiger partial charge in [0.05, 0.1) is 36.0 Å². The quantitative estimate of drug-likeness (QED) is 0.551. The largest absolute Gasteiger partial charge is 0.482 e. The van der Waals surface area contributed by atoms with E-state index >= 15 is 0 Å². The number of alkyl halides is 2. The molecule has 0 amide bonds.